The Bertz CT molecular complexity index is 2540. The molecule has 4 aromatic carbocycles. The Morgan fingerprint density at radius 2 is 0.472 bits per heavy atom. The molecule has 11 rings (SSSR count). The Morgan fingerprint density at radius 1 is 0.278 bits per heavy atom. The van der Waals surface area contributed by atoms with Crippen molar-refractivity contribution >= 4 is 47.0 Å². The van der Waals surface area contributed by atoms with Crippen LogP contribution >= 0.6 is 0 Å². The van der Waals surface area contributed by atoms with Gasteiger partial charge in [0.2, 0.25) is 0 Å². The van der Waals surface area contributed by atoms with Gasteiger partial charge in [-0.05, 0) is 48.5 Å². The third-order valence-corrected chi connectivity index (χ3v) is 14.1. The van der Waals surface area contributed by atoms with Crippen LogP contribution < -0.4 is 18.9 Å². The molecule has 0 bridgehead atoms. The van der Waals surface area contributed by atoms with E-state index in [4.69, 9.17) is 56.8 Å². The predicted octanol–water partition coefficient (Wildman–Crippen LogP) is 2.79. The van der Waals surface area contributed by atoms with Crippen LogP contribution in [0.4, 0.5) is 0 Å². The number of ketones is 4. The Labute approximate surface area is 408 Å². The van der Waals surface area contributed by atoms with Crippen molar-refractivity contribution in [1.29, 1.82) is 0 Å². The molecular weight excluding hydrogens is 945 g/mol. The molecule has 372 valence electrons. The molecule has 0 aromatic heterocycles. The third kappa shape index (κ3) is 6.65. The van der Waals surface area contributed by atoms with Gasteiger partial charge in [0.05, 0.1) is 98.8 Å². The number of Topliss-reactive ketones (excluding diaryl/α,β-unsaturated/α-hetero) is 4. The molecule has 8 atom stereocenters. The maximum Gasteiger partial charge on any atom is 0.356 e. The van der Waals surface area contributed by atoms with Crippen LogP contribution in [0.1, 0.15) is 41.4 Å². The number of cyclic esters (lactones) is 4. The first-order valence-electron chi connectivity index (χ1n) is 23.3. The van der Waals surface area contributed by atoms with Crippen LogP contribution in [0.3, 0.4) is 0 Å². The highest BCUT2D eigenvalue weighted by molar-refractivity contribution is 6.21. The molecule has 0 amide bonds. The Kier molecular flexibility index (Phi) is 11.9. The summed E-state index contributed by atoms with van der Waals surface area (Å²) in [6.45, 7) is -2.74. The van der Waals surface area contributed by atoms with E-state index >= 15 is 0 Å². The summed E-state index contributed by atoms with van der Waals surface area (Å²) in [6, 6.07) is 24.4. The molecule has 5 heterocycles. The van der Waals surface area contributed by atoms with Gasteiger partial charge in [0.25, 0.3) is 22.4 Å². The number of esters is 4. The average Bonchev–Trinajstić information content (AvgIpc) is 3.38. The molecule has 20 heteroatoms. The molecule has 2 saturated carbocycles. The maximum absolute atomic E-state index is 14.6. The minimum absolute atomic E-state index is 0.0384. The van der Waals surface area contributed by atoms with Crippen molar-refractivity contribution in [3.63, 3.8) is 0 Å². The van der Waals surface area contributed by atoms with Gasteiger partial charge in [0.15, 0.2) is 23.1 Å². The van der Waals surface area contributed by atoms with Gasteiger partial charge in [-0.25, -0.2) is 19.2 Å². The van der Waals surface area contributed by atoms with Crippen LogP contribution in [0.5, 0.6) is 23.0 Å². The van der Waals surface area contributed by atoms with Crippen LogP contribution in [0.2, 0.25) is 0 Å². The van der Waals surface area contributed by atoms with E-state index < -0.39 is 120 Å². The van der Waals surface area contributed by atoms with Gasteiger partial charge >= 0.3 is 23.9 Å². The van der Waals surface area contributed by atoms with E-state index in [-0.39, 0.29) is 98.1 Å². The standard InChI is InChI=1S/C52H44O20/c53-41-29-9-1-5-13-33(29)69-49-37(41)38-42(54)30-10-2-6-14-34(30)70-50(38,49)46(58)66-26-22-62-19-20-64-24-28-68-48(60)52-40(44(56)32-12-4-8-16-36(32)72-52)39-43(55)31-11-3-7-15-35(31)71-51(39,52)47(59)67-27-23-63-18-17-61-21-25-65-45(49)57/h1-16,37-40H,17-28H2/t37-,38-,39?,40?,49-,50-,51?,52?/m1/s1. The predicted molar refractivity (Wildman–Crippen MR) is 238 cm³/mol. The van der Waals surface area contributed by atoms with Crippen molar-refractivity contribution in [3.05, 3.63) is 119 Å². The van der Waals surface area contributed by atoms with Crippen molar-refractivity contribution in [2.45, 2.75) is 22.4 Å². The number of para-hydroxylation sites is 4. The zero-order valence-electron chi connectivity index (χ0n) is 38.2. The van der Waals surface area contributed by atoms with Gasteiger partial charge in [-0.15, -0.1) is 0 Å². The molecule has 7 aliphatic rings. The van der Waals surface area contributed by atoms with Gasteiger partial charge in [-0.3, -0.25) is 19.2 Å². The van der Waals surface area contributed by atoms with Crippen LogP contribution in [0.25, 0.3) is 0 Å². The summed E-state index contributed by atoms with van der Waals surface area (Å²) in [5.74, 6) is -13.6. The third-order valence-electron chi connectivity index (χ3n) is 14.1. The second-order valence-corrected chi connectivity index (χ2v) is 17.7. The molecule has 72 heavy (non-hydrogen) atoms. The smallest absolute Gasteiger partial charge is 0.356 e. The lowest BCUT2D eigenvalue weighted by molar-refractivity contribution is -0.262. The quantitative estimate of drug-likeness (QED) is 0.182. The highest BCUT2D eigenvalue weighted by Crippen LogP contribution is 2.66. The van der Waals surface area contributed by atoms with Gasteiger partial charge in [0, 0.05) is 0 Å². The SMILES string of the molecule is O=C1c2ccccc2OC23C(=O)OCCOCCOCCOC(=O)[C@]45Oc6ccccc6C(=O)[C@H]4[C@@H]4C(=O)c6ccccc6O[C@@]45C(=O)OCCOCCOCCOC(=O)C24Oc2ccccc2C(=O)C4C13. The normalized spacial score (nSPS) is 31.8. The Morgan fingerprint density at radius 3 is 0.694 bits per heavy atom. The second kappa shape index (κ2) is 18.3. The first-order chi connectivity index (χ1) is 35.0. The van der Waals surface area contributed by atoms with E-state index in [2.05, 4.69) is 0 Å². The number of fused-ring (bicyclic) bond motifs is 6. The van der Waals surface area contributed by atoms with Crippen LogP contribution in [0.15, 0.2) is 97.1 Å². The highest BCUT2D eigenvalue weighted by Gasteiger charge is 2.92. The number of hydrogen-bond acceptors (Lipinski definition) is 20. The first kappa shape index (κ1) is 46.8. The summed E-state index contributed by atoms with van der Waals surface area (Å²) in [5, 5.41) is 0. The minimum atomic E-state index is -2.52. The maximum atomic E-state index is 14.6. The molecule has 0 N–H and O–H groups in total. The van der Waals surface area contributed by atoms with Gasteiger partial charge in [-0.1, -0.05) is 48.5 Å². The summed E-state index contributed by atoms with van der Waals surface area (Å²) in [6.07, 6.45) is 0. The highest BCUT2D eigenvalue weighted by atomic mass is 16.7. The summed E-state index contributed by atoms with van der Waals surface area (Å²) in [4.78, 5) is 116. The summed E-state index contributed by atoms with van der Waals surface area (Å²) in [5.41, 5.74) is -9.71. The van der Waals surface area contributed by atoms with Crippen molar-refractivity contribution in [1.82, 2.24) is 0 Å². The second-order valence-electron chi connectivity index (χ2n) is 17.7. The molecule has 4 unspecified atom stereocenters. The summed E-state index contributed by atoms with van der Waals surface area (Å²) < 4.78 is 70.9. The van der Waals surface area contributed by atoms with Gasteiger partial charge in [0.1, 0.15) is 49.4 Å². The molecule has 1 saturated heterocycles. The van der Waals surface area contributed by atoms with E-state index in [0.717, 1.165) is 0 Å². The fourth-order valence-electron chi connectivity index (χ4n) is 11.1. The molecular formula is C52H44O20. The minimum Gasteiger partial charge on any atom is -0.469 e. The van der Waals surface area contributed by atoms with E-state index in [0.29, 0.717) is 0 Å². The van der Waals surface area contributed by atoms with Crippen molar-refractivity contribution in [2.75, 3.05) is 79.3 Å². The van der Waals surface area contributed by atoms with Gasteiger partial charge < -0.3 is 56.8 Å². The van der Waals surface area contributed by atoms with Crippen molar-refractivity contribution in [3.8, 4) is 23.0 Å². The fourth-order valence-corrected chi connectivity index (χ4v) is 11.1. The van der Waals surface area contributed by atoms with Crippen LogP contribution in [0, 0.1) is 23.7 Å². The zero-order valence-corrected chi connectivity index (χ0v) is 38.2. The van der Waals surface area contributed by atoms with Crippen LogP contribution in [-0.4, -0.2) is 149 Å². The molecule has 5 aliphatic heterocycles. The Balaban J connectivity index is 0.836. The average molecular weight is 989 g/mol. The zero-order chi connectivity index (χ0) is 49.8. The molecule has 3 fully saturated rings. The lowest BCUT2D eigenvalue weighted by Gasteiger charge is -2.64. The largest absolute Gasteiger partial charge is 0.469 e. The van der Waals surface area contributed by atoms with E-state index in [1.54, 1.807) is 48.5 Å². The van der Waals surface area contributed by atoms with E-state index in [1.165, 1.54) is 48.5 Å². The number of hydrogen-bond donors (Lipinski definition) is 0. The topological polar surface area (TPSA) is 247 Å². The number of carbonyl (C=O) groups is 8. The summed E-state index contributed by atoms with van der Waals surface area (Å²) in [7, 11) is 0. The number of ether oxygens (including phenoxy) is 12. The van der Waals surface area contributed by atoms with Crippen LogP contribution in [-0.2, 0) is 57.1 Å². The number of rotatable bonds is 0. The molecule has 4 aromatic rings. The summed E-state index contributed by atoms with van der Waals surface area (Å²) >= 11 is 0. The molecule has 0 radical (unpaired) electrons. The number of carbonyl (C=O) groups excluding carboxylic acids is 8. The van der Waals surface area contributed by atoms with Crippen molar-refractivity contribution < 1.29 is 95.2 Å². The monoisotopic (exact) mass is 988 g/mol. The van der Waals surface area contributed by atoms with Gasteiger partial charge in [-0.2, -0.15) is 0 Å². The Hall–Kier alpha value is -7.52. The lowest BCUT2D eigenvalue weighted by atomic mass is 9.45. The van der Waals surface area contributed by atoms with E-state index in [9.17, 15) is 38.4 Å². The molecule has 20 nitrogen and oxygen atoms in total. The molecule has 2 aliphatic carbocycles. The number of benzene rings is 4. The molecule has 4 spiro atoms. The van der Waals surface area contributed by atoms with Crippen molar-refractivity contribution in [2.24, 2.45) is 23.7 Å². The first-order valence-corrected chi connectivity index (χ1v) is 23.3. The lowest BCUT2D eigenvalue weighted by Crippen LogP contribution is -2.90. The van der Waals surface area contributed by atoms with E-state index in [1.807, 2.05) is 0 Å². The fraction of sp³-hybridized carbons (Fsp3) is 0.385.